The van der Waals surface area contributed by atoms with Gasteiger partial charge in [-0.15, -0.1) is 5.10 Å². The maximum atomic E-state index is 12.3. The van der Waals surface area contributed by atoms with Crippen molar-refractivity contribution in [3.8, 4) is 11.6 Å². The van der Waals surface area contributed by atoms with Gasteiger partial charge in [0.15, 0.2) is 0 Å². The van der Waals surface area contributed by atoms with Crippen LogP contribution >= 0.6 is 0 Å². The summed E-state index contributed by atoms with van der Waals surface area (Å²) in [7, 11) is 3.24. The topological polar surface area (TPSA) is 91.2 Å². The third-order valence-corrected chi connectivity index (χ3v) is 4.97. The standard InChI is InChI=1S/C21H23N5O3.H2/c1-26-21(27)19(23-11-15-5-3-4-8-22-15)10-20(25-26)29-13-14-9-17(14)18-7-6-16(28-2)12-24-18;/h3-8,10,12,14,17,23H,9,11,13H2,1-2H3;1H. The summed E-state index contributed by atoms with van der Waals surface area (Å²) in [5.41, 5.74) is 2.12. The molecule has 0 radical (unpaired) electrons. The van der Waals surface area contributed by atoms with Gasteiger partial charge in [0, 0.05) is 38.3 Å². The minimum atomic E-state index is -0.208. The van der Waals surface area contributed by atoms with Gasteiger partial charge in [0.2, 0.25) is 5.88 Å². The first-order valence-electron chi connectivity index (χ1n) is 9.49. The van der Waals surface area contributed by atoms with Crippen molar-refractivity contribution in [2.75, 3.05) is 19.0 Å². The van der Waals surface area contributed by atoms with Crippen LogP contribution in [0.1, 0.15) is 25.2 Å². The summed E-state index contributed by atoms with van der Waals surface area (Å²) in [4.78, 5) is 21.0. The normalized spacial score (nSPS) is 17.6. The van der Waals surface area contributed by atoms with Gasteiger partial charge < -0.3 is 14.8 Å². The average Bonchev–Trinajstić information content (AvgIpc) is 3.54. The first kappa shape index (κ1) is 18.9. The van der Waals surface area contributed by atoms with E-state index in [2.05, 4.69) is 20.4 Å². The number of pyridine rings is 2. The molecule has 8 nitrogen and oxygen atoms in total. The average molecular weight is 395 g/mol. The smallest absolute Gasteiger partial charge is 0.290 e. The molecule has 0 bridgehead atoms. The maximum Gasteiger partial charge on any atom is 0.290 e. The summed E-state index contributed by atoms with van der Waals surface area (Å²) in [5, 5.41) is 7.32. The van der Waals surface area contributed by atoms with Crippen LogP contribution in [0.4, 0.5) is 5.69 Å². The lowest BCUT2D eigenvalue weighted by atomic mass is 10.2. The summed E-state index contributed by atoms with van der Waals surface area (Å²) in [6.45, 7) is 0.983. The molecule has 0 saturated heterocycles. The Hall–Kier alpha value is -3.42. The van der Waals surface area contributed by atoms with E-state index >= 15 is 0 Å². The predicted octanol–water partition coefficient (Wildman–Crippen LogP) is 2.62. The number of ether oxygens (including phenoxy) is 2. The van der Waals surface area contributed by atoms with Crippen molar-refractivity contribution >= 4 is 5.69 Å². The largest absolute Gasteiger partial charge is 0.495 e. The number of aryl methyl sites for hydroxylation is 1. The molecule has 0 amide bonds. The molecular weight excluding hydrogens is 370 g/mol. The molecule has 0 aliphatic heterocycles. The van der Waals surface area contributed by atoms with Crippen molar-refractivity contribution in [1.82, 2.24) is 19.7 Å². The lowest BCUT2D eigenvalue weighted by molar-refractivity contribution is 0.278. The van der Waals surface area contributed by atoms with Crippen molar-refractivity contribution in [3.63, 3.8) is 0 Å². The Morgan fingerprint density at radius 1 is 1.28 bits per heavy atom. The van der Waals surface area contributed by atoms with E-state index in [4.69, 9.17) is 9.47 Å². The number of nitrogens with zero attached hydrogens (tertiary/aromatic N) is 4. The van der Waals surface area contributed by atoms with E-state index in [1.54, 1.807) is 32.6 Å². The zero-order chi connectivity index (χ0) is 20.2. The fourth-order valence-electron chi connectivity index (χ4n) is 3.19. The van der Waals surface area contributed by atoms with E-state index in [1.165, 1.54) is 4.68 Å². The van der Waals surface area contributed by atoms with Gasteiger partial charge in [0.1, 0.15) is 11.4 Å². The molecule has 0 aromatic carbocycles. The molecule has 29 heavy (non-hydrogen) atoms. The van der Waals surface area contributed by atoms with Crippen molar-refractivity contribution in [2.45, 2.75) is 18.9 Å². The SMILES string of the molecule is COc1ccc(C2CC2COc2cc(NCc3ccccn3)c(=O)n(C)n2)nc1.[HH]. The molecule has 1 aliphatic carbocycles. The second-order valence-corrected chi connectivity index (χ2v) is 7.04. The van der Waals surface area contributed by atoms with Gasteiger partial charge in [0.05, 0.1) is 32.2 Å². The van der Waals surface area contributed by atoms with Crippen LogP contribution in [0.5, 0.6) is 11.6 Å². The molecule has 1 fully saturated rings. The Morgan fingerprint density at radius 3 is 2.90 bits per heavy atom. The van der Waals surface area contributed by atoms with E-state index in [0.717, 1.165) is 23.6 Å². The molecule has 8 heteroatoms. The monoisotopic (exact) mass is 395 g/mol. The maximum absolute atomic E-state index is 12.3. The summed E-state index contributed by atoms with van der Waals surface area (Å²) in [6, 6.07) is 11.2. The van der Waals surface area contributed by atoms with Crippen molar-refractivity contribution in [2.24, 2.45) is 13.0 Å². The lowest BCUT2D eigenvalue weighted by Crippen LogP contribution is -2.24. The Kier molecular flexibility index (Phi) is 5.41. The first-order valence-corrected chi connectivity index (χ1v) is 9.49. The van der Waals surface area contributed by atoms with Gasteiger partial charge in [-0.25, -0.2) is 4.68 Å². The Morgan fingerprint density at radius 2 is 2.17 bits per heavy atom. The molecular formula is C21H25N5O3. The van der Waals surface area contributed by atoms with Crippen molar-refractivity contribution in [1.29, 1.82) is 0 Å². The highest BCUT2D eigenvalue weighted by Gasteiger charge is 2.40. The molecule has 152 valence electrons. The first-order chi connectivity index (χ1) is 14.1. The molecule has 0 spiro atoms. The van der Waals surface area contributed by atoms with Crippen LogP contribution in [0.2, 0.25) is 0 Å². The number of aromatic nitrogens is 4. The van der Waals surface area contributed by atoms with E-state index in [0.29, 0.717) is 36.6 Å². The quantitative estimate of drug-likeness (QED) is 0.627. The number of hydrogen-bond acceptors (Lipinski definition) is 7. The van der Waals surface area contributed by atoms with Gasteiger partial charge in [-0.05, 0) is 30.7 Å². The highest BCUT2D eigenvalue weighted by atomic mass is 16.5. The lowest BCUT2D eigenvalue weighted by Gasteiger charge is -2.10. The van der Waals surface area contributed by atoms with Crippen LogP contribution in [-0.4, -0.2) is 33.5 Å². The third-order valence-electron chi connectivity index (χ3n) is 4.97. The molecule has 1 N–H and O–H groups in total. The van der Waals surface area contributed by atoms with Gasteiger partial charge in [0.25, 0.3) is 5.56 Å². The number of hydrogen-bond donors (Lipinski definition) is 1. The van der Waals surface area contributed by atoms with Crippen molar-refractivity contribution in [3.05, 3.63) is 70.5 Å². The van der Waals surface area contributed by atoms with E-state index < -0.39 is 0 Å². The highest BCUT2D eigenvalue weighted by molar-refractivity contribution is 5.43. The number of rotatable bonds is 8. The van der Waals surface area contributed by atoms with Crippen LogP contribution in [0.3, 0.4) is 0 Å². The number of methoxy groups -OCH3 is 1. The number of nitrogens with one attached hydrogen (secondary N) is 1. The highest BCUT2D eigenvalue weighted by Crippen LogP contribution is 2.46. The van der Waals surface area contributed by atoms with Crippen LogP contribution < -0.4 is 20.3 Å². The van der Waals surface area contributed by atoms with Crippen molar-refractivity contribution < 1.29 is 10.9 Å². The van der Waals surface area contributed by atoms with Crippen LogP contribution in [0.15, 0.2) is 53.6 Å². The minimum absolute atomic E-state index is 0. The third kappa shape index (κ3) is 4.53. The molecule has 2 atom stereocenters. The molecule has 2 unspecified atom stereocenters. The van der Waals surface area contributed by atoms with E-state index in [-0.39, 0.29) is 6.99 Å². The van der Waals surface area contributed by atoms with Crippen LogP contribution in [0.25, 0.3) is 0 Å². The fraction of sp³-hybridized carbons (Fsp3) is 0.333. The molecule has 1 aliphatic rings. The van der Waals surface area contributed by atoms with E-state index in [1.807, 2.05) is 30.3 Å². The Labute approximate surface area is 170 Å². The molecule has 3 aromatic heterocycles. The minimum Gasteiger partial charge on any atom is -0.495 e. The Balaban J connectivity index is 0.00000256. The van der Waals surface area contributed by atoms with Crippen LogP contribution in [-0.2, 0) is 13.6 Å². The van der Waals surface area contributed by atoms with Gasteiger partial charge in [-0.2, -0.15) is 0 Å². The van der Waals surface area contributed by atoms with Gasteiger partial charge in [-0.3, -0.25) is 14.8 Å². The zero-order valence-corrected chi connectivity index (χ0v) is 16.4. The molecule has 3 aromatic rings. The summed E-state index contributed by atoms with van der Waals surface area (Å²) in [5.74, 6) is 1.95. The van der Waals surface area contributed by atoms with E-state index in [9.17, 15) is 4.79 Å². The second-order valence-electron chi connectivity index (χ2n) is 7.04. The second kappa shape index (κ2) is 8.30. The molecule has 3 heterocycles. The summed E-state index contributed by atoms with van der Waals surface area (Å²) >= 11 is 0. The summed E-state index contributed by atoms with van der Waals surface area (Å²) in [6.07, 6.45) is 4.48. The van der Waals surface area contributed by atoms with Gasteiger partial charge >= 0.3 is 0 Å². The zero-order valence-electron chi connectivity index (χ0n) is 16.4. The van der Waals surface area contributed by atoms with Crippen LogP contribution in [0, 0.1) is 5.92 Å². The predicted molar refractivity (Wildman–Crippen MR) is 110 cm³/mol. The fourth-order valence-corrected chi connectivity index (χ4v) is 3.19. The molecule has 4 rings (SSSR count). The molecule has 1 saturated carbocycles. The Bertz CT molecular complexity index is 1030. The van der Waals surface area contributed by atoms with Gasteiger partial charge in [-0.1, -0.05) is 6.07 Å². The number of anilines is 1. The summed E-state index contributed by atoms with van der Waals surface area (Å²) < 4.78 is 12.3.